The highest BCUT2D eigenvalue weighted by Crippen LogP contribution is 2.22. The van der Waals surface area contributed by atoms with Crippen LogP contribution in [0.3, 0.4) is 0 Å². The van der Waals surface area contributed by atoms with Gasteiger partial charge in [0.1, 0.15) is 0 Å². The summed E-state index contributed by atoms with van der Waals surface area (Å²) in [6.07, 6.45) is 0. The summed E-state index contributed by atoms with van der Waals surface area (Å²) in [6.45, 7) is -0.264. The molecule has 20 heavy (non-hydrogen) atoms. The van der Waals surface area contributed by atoms with E-state index in [0.29, 0.717) is 10.2 Å². The molecule has 0 spiro atoms. The van der Waals surface area contributed by atoms with Crippen molar-refractivity contribution in [2.75, 3.05) is 11.9 Å². The van der Waals surface area contributed by atoms with Crippen molar-refractivity contribution in [2.45, 2.75) is 0 Å². The van der Waals surface area contributed by atoms with Crippen molar-refractivity contribution in [1.82, 2.24) is 0 Å². The topological polar surface area (TPSA) is 38.3 Å². The van der Waals surface area contributed by atoms with Crippen molar-refractivity contribution in [2.24, 2.45) is 0 Å². The Morgan fingerprint density at radius 1 is 1.15 bits per heavy atom. The zero-order valence-corrected chi connectivity index (χ0v) is 13.4. The largest absolute Gasteiger partial charge is 0.481 e. The number of ether oxygens (including phenoxy) is 1. The van der Waals surface area contributed by atoms with Gasteiger partial charge in [-0.3, -0.25) is 4.79 Å². The van der Waals surface area contributed by atoms with Gasteiger partial charge in [0, 0.05) is 14.6 Å². The number of hydrogen-bond donors (Lipinski definition) is 1. The van der Waals surface area contributed by atoms with E-state index < -0.39 is 5.82 Å². The third-order valence-corrected chi connectivity index (χ3v) is 3.35. The van der Waals surface area contributed by atoms with E-state index in [0.717, 1.165) is 4.47 Å². The number of rotatable bonds is 4. The molecule has 104 valence electrons. The number of benzene rings is 2. The third-order valence-electron chi connectivity index (χ3n) is 2.36. The van der Waals surface area contributed by atoms with Gasteiger partial charge in [0.25, 0.3) is 5.91 Å². The van der Waals surface area contributed by atoms with Crippen LogP contribution in [0.2, 0.25) is 0 Å². The Balaban J connectivity index is 1.94. The van der Waals surface area contributed by atoms with Crippen LogP contribution in [0.1, 0.15) is 0 Å². The van der Waals surface area contributed by atoms with Gasteiger partial charge in [0.15, 0.2) is 18.2 Å². The molecule has 0 aromatic heterocycles. The predicted molar refractivity (Wildman–Crippen MR) is 82.4 cm³/mol. The molecule has 0 unspecified atom stereocenters. The lowest BCUT2D eigenvalue weighted by molar-refractivity contribution is -0.118. The van der Waals surface area contributed by atoms with Gasteiger partial charge in [-0.2, -0.15) is 0 Å². The van der Waals surface area contributed by atoms with Gasteiger partial charge in [-0.25, -0.2) is 4.39 Å². The minimum atomic E-state index is -0.511. The fourth-order valence-corrected chi connectivity index (χ4v) is 2.23. The number of nitrogens with one attached hydrogen (secondary N) is 1. The number of hydrogen-bond acceptors (Lipinski definition) is 2. The molecule has 2 aromatic carbocycles. The number of carbonyl (C=O) groups excluding carboxylic acids is 1. The van der Waals surface area contributed by atoms with Crippen LogP contribution in [0.15, 0.2) is 51.4 Å². The van der Waals surface area contributed by atoms with E-state index in [-0.39, 0.29) is 18.3 Å². The molecule has 0 saturated heterocycles. The van der Waals surface area contributed by atoms with Gasteiger partial charge >= 0.3 is 0 Å². The second-order valence-corrected chi connectivity index (χ2v) is 5.75. The van der Waals surface area contributed by atoms with Crippen molar-refractivity contribution < 1.29 is 13.9 Å². The smallest absolute Gasteiger partial charge is 0.262 e. The first-order chi connectivity index (χ1) is 9.54. The SMILES string of the molecule is O=C(COc1cc(Br)ccc1F)Nc1cccc(Br)c1. The summed E-state index contributed by atoms with van der Waals surface area (Å²) in [7, 11) is 0. The van der Waals surface area contributed by atoms with E-state index in [2.05, 4.69) is 37.2 Å². The van der Waals surface area contributed by atoms with Gasteiger partial charge in [0.2, 0.25) is 0 Å². The standard InChI is InChI=1S/C14H10Br2FNO2/c15-9-2-1-3-11(6-9)18-14(19)8-20-13-7-10(16)4-5-12(13)17/h1-7H,8H2,(H,18,19). The van der Waals surface area contributed by atoms with Crippen molar-refractivity contribution in [3.63, 3.8) is 0 Å². The molecule has 0 aliphatic rings. The molecule has 3 nitrogen and oxygen atoms in total. The van der Waals surface area contributed by atoms with Crippen LogP contribution in [-0.2, 0) is 4.79 Å². The molecule has 0 saturated carbocycles. The van der Waals surface area contributed by atoms with Crippen LogP contribution in [-0.4, -0.2) is 12.5 Å². The Bertz CT molecular complexity index is 634. The molecule has 1 N–H and O–H groups in total. The van der Waals surface area contributed by atoms with Crippen LogP contribution in [0.25, 0.3) is 0 Å². The molecule has 0 heterocycles. The van der Waals surface area contributed by atoms with Gasteiger partial charge in [-0.05, 0) is 36.4 Å². The van der Waals surface area contributed by atoms with Gasteiger partial charge in [-0.15, -0.1) is 0 Å². The lowest BCUT2D eigenvalue weighted by atomic mass is 10.3. The van der Waals surface area contributed by atoms with Crippen LogP contribution < -0.4 is 10.1 Å². The molecule has 0 radical (unpaired) electrons. The number of carbonyl (C=O) groups is 1. The highest BCUT2D eigenvalue weighted by molar-refractivity contribution is 9.10. The van der Waals surface area contributed by atoms with Crippen molar-refractivity contribution in [1.29, 1.82) is 0 Å². The van der Waals surface area contributed by atoms with Gasteiger partial charge in [-0.1, -0.05) is 37.9 Å². The Morgan fingerprint density at radius 2 is 1.90 bits per heavy atom. The summed E-state index contributed by atoms with van der Waals surface area (Å²) in [4.78, 5) is 11.7. The molecular weight excluding hydrogens is 393 g/mol. The van der Waals surface area contributed by atoms with Crippen molar-refractivity contribution in [3.8, 4) is 5.75 Å². The quantitative estimate of drug-likeness (QED) is 0.824. The molecule has 1 amide bonds. The zero-order valence-electron chi connectivity index (χ0n) is 10.2. The van der Waals surface area contributed by atoms with Crippen molar-refractivity contribution >= 4 is 43.5 Å². The van der Waals surface area contributed by atoms with E-state index in [1.165, 1.54) is 12.1 Å². The second kappa shape index (κ2) is 6.85. The van der Waals surface area contributed by atoms with Crippen molar-refractivity contribution in [3.05, 3.63) is 57.2 Å². The predicted octanol–water partition coefficient (Wildman–Crippen LogP) is 4.37. The van der Waals surface area contributed by atoms with E-state index in [1.807, 2.05) is 6.07 Å². The molecule has 0 atom stereocenters. The molecular formula is C14H10Br2FNO2. The molecule has 2 rings (SSSR count). The van der Waals surface area contributed by atoms with Crippen LogP contribution >= 0.6 is 31.9 Å². The van der Waals surface area contributed by atoms with Crippen LogP contribution in [0.4, 0.5) is 10.1 Å². The number of anilines is 1. The zero-order chi connectivity index (χ0) is 14.5. The second-order valence-electron chi connectivity index (χ2n) is 3.92. The highest BCUT2D eigenvalue weighted by atomic mass is 79.9. The Hall–Kier alpha value is -1.40. The average Bonchev–Trinajstić information content (AvgIpc) is 2.40. The Kier molecular flexibility index (Phi) is 5.14. The normalized spacial score (nSPS) is 10.2. The minimum Gasteiger partial charge on any atom is -0.481 e. The van der Waals surface area contributed by atoms with Crippen LogP contribution in [0.5, 0.6) is 5.75 Å². The van der Waals surface area contributed by atoms with E-state index >= 15 is 0 Å². The summed E-state index contributed by atoms with van der Waals surface area (Å²) in [5, 5.41) is 2.66. The molecule has 2 aromatic rings. The summed E-state index contributed by atoms with van der Waals surface area (Å²) in [6, 6.07) is 11.5. The molecule has 0 aliphatic heterocycles. The summed E-state index contributed by atoms with van der Waals surface area (Å²) < 4.78 is 20.1. The summed E-state index contributed by atoms with van der Waals surface area (Å²) in [5.41, 5.74) is 0.641. The first-order valence-corrected chi connectivity index (χ1v) is 7.26. The van der Waals surface area contributed by atoms with Gasteiger partial charge < -0.3 is 10.1 Å². The number of amides is 1. The maximum Gasteiger partial charge on any atom is 0.262 e. The average molecular weight is 403 g/mol. The maximum absolute atomic E-state index is 13.4. The first-order valence-electron chi connectivity index (χ1n) is 5.68. The Morgan fingerprint density at radius 3 is 2.65 bits per heavy atom. The molecule has 6 heteroatoms. The fourth-order valence-electron chi connectivity index (χ4n) is 1.49. The minimum absolute atomic E-state index is 0.0313. The summed E-state index contributed by atoms with van der Waals surface area (Å²) in [5.74, 6) is -0.838. The lowest BCUT2D eigenvalue weighted by Gasteiger charge is -2.08. The highest BCUT2D eigenvalue weighted by Gasteiger charge is 2.08. The third kappa shape index (κ3) is 4.31. The van der Waals surface area contributed by atoms with Crippen LogP contribution in [0, 0.1) is 5.82 Å². The molecule has 0 fully saturated rings. The Labute approximate surface area is 132 Å². The lowest BCUT2D eigenvalue weighted by Crippen LogP contribution is -2.20. The monoisotopic (exact) mass is 401 g/mol. The van der Waals surface area contributed by atoms with E-state index in [4.69, 9.17) is 4.74 Å². The first kappa shape index (κ1) is 15.0. The summed E-state index contributed by atoms with van der Waals surface area (Å²) >= 11 is 6.52. The van der Waals surface area contributed by atoms with E-state index in [9.17, 15) is 9.18 Å². The molecule has 0 bridgehead atoms. The van der Waals surface area contributed by atoms with E-state index in [1.54, 1.807) is 24.3 Å². The van der Waals surface area contributed by atoms with Gasteiger partial charge in [0.05, 0.1) is 0 Å². The molecule has 0 aliphatic carbocycles. The fraction of sp³-hybridized carbons (Fsp3) is 0.0714. The number of halogens is 3. The maximum atomic E-state index is 13.4.